The SMILES string of the molecule is COc1ccc(CC2(OC(=O)C3(C(=O)O)CC3)C(=O)N(C)C(=O)N(C)C2=O)cc1. The Balaban J connectivity index is 2.03. The molecule has 1 saturated heterocycles. The molecular formula is C19H20N2O8. The second-order valence-corrected chi connectivity index (χ2v) is 7.14. The molecule has 1 heterocycles. The maximum absolute atomic E-state index is 13.0. The van der Waals surface area contributed by atoms with Gasteiger partial charge in [0.05, 0.1) is 7.11 Å². The number of carbonyl (C=O) groups excluding carboxylic acids is 4. The summed E-state index contributed by atoms with van der Waals surface area (Å²) in [6, 6.07) is 5.48. The van der Waals surface area contributed by atoms with Gasteiger partial charge in [0, 0.05) is 20.5 Å². The van der Waals surface area contributed by atoms with Gasteiger partial charge in [0.2, 0.25) is 0 Å². The highest BCUT2D eigenvalue weighted by Gasteiger charge is 2.65. The number of methoxy groups -OCH3 is 1. The average molecular weight is 404 g/mol. The molecule has 3 rings (SSSR count). The van der Waals surface area contributed by atoms with Crippen LogP contribution >= 0.6 is 0 Å². The van der Waals surface area contributed by atoms with Gasteiger partial charge in [-0.2, -0.15) is 0 Å². The maximum Gasteiger partial charge on any atom is 0.333 e. The summed E-state index contributed by atoms with van der Waals surface area (Å²) >= 11 is 0. The third-order valence-electron chi connectivity index (χ3n) is 5.30. The van der Waals surface area contributed by atoms with Crippen molar-refractivity contribution in [2.24, 2.45) is 5.41 Å². The van der Waals surface area contributed by atoms with Crippen molar-refractivity contribution < 1.29 is 38.6 Å². The van der Waals surface area contributed by atoms with Crippen molar-refractivity contribution in [1.29, 1.82) is 0 Å². The molecule has 2 aliphatic rings. The molecule has 0 aromatic heterocycles. The molecule has 1 N–H and O–H groups in total. The van der Waals surface area contributed by atoms with Crippen LogP contribution in [-0.2, 0) is 30.3 Å². The highest BCUT2D eigenvalue weighted by Crippen LogP contribution is 2.48. The van der Waals surface area contributed by atoms with Crippen LogP contribution in [-0.4, -0.2) is 71.5 Å². The lowest BCUT2D eigenvalue weighted by Gasteiger charge is -2.41. The number of carboxylic acid groups (broad SMARTS) is 1. The third-order valence-corrected chi connectivity index (χ3v) is 5.30. The highest BCUT2D eigenvalue weighted by molar-refractivity contribution is 6.22. The molecule has 1 aliphatic carbocycles. The molecular weight excluding hydrogens is 384 g/mol. The first-order chi connectivity index (χ1) is 13.6. The van der Waals surface area contributed by atoms with Crippen LogP contribution in [0.3, 0.4) is 0 Å². The van der Waals surface area contributed by atoms with Gasteiger partial charge >= 0.3 is 18.0 Å². The van der Waals surface area contributed by atoms with E-state index in [1.807, 2.05) is 0 Å². The fourth-order valence-electron chi connectivity index (χ4n) is 3.22. The minimum Gasteiger partial charge on any atom is -0.497 e. The van der Waals surface area contributed by atoms with E-state index in [4.69, 9.17) is 9.47 Å². The van der Waals surface area contributed by atoms with E-state index in [2.05, 4.69) is 0 Å². The van der Waals surface area contributed by atoms with Crippen LogP contribution in [0.2, 0.25) is 0 Å². The van der Waals surface area contributed by atoms with Gasteiger partial charge in [-0.25, -0.2) is 4.79 Å². The second-order valence-electron chi connectivity index (χ2n) is 7.14. The number of aliphatic carboxylic acids is 1. The zero-order valence-corrected chi connectivity index (χ0v) is 16.1. The number of likely N-dealkylation sites (N-methyl/N-ethyl adjacent to an activating group) is 2. The zero-order chi connectivity index (χ0) is 21.6. The number of esters is 1. The largest absolute Gasteiger partial charge is 0.497 e. The number of barbiturate groups is 1. The number of amides is 4. The summed E-state index contributed by atoms with van der Waals surface area (Å²) in [5.41, 5.74) is -3.70. The van der Waals surface area contributed by atoms with E-state index in [9.17, 15) is 29.1 Å². The molecule has 10 heteroatoms. The number of nitrogens with zero attached hydrogens (tertiary/aromatic N) is 2. The van der Waals surface area contributed by atoms with Gasteiger partial charge in [-0.15, -0.1) is 0 Å². The summed E-state index contributed by atoms with van der Waals surface area (Å²) in [5.74, 6) is -4.08. The molecule has 1 aromatic rings. The molecule has 10 nitrogen and oxygen atoms in total. The van der Waals surface area contributed by atoms with Gasteiger partial charge in [-0.1, -0.05) is 12.1 Å². The maximum atomic E-state index is 13.0. The molecule has 154 valence electrons. The van der Waals surface area contributed by atoms with Gasteiger partial charge < -0.3 is 14.6 Å². The number of carbonyl (C=O) groups is 5. The van der Waals surface area contributed by atoms with Crippen molar-refractivity contribution in [3.05, 3.63) is 29.8 Å². The van der Waals surface area contributed by atoms with Crippen molar-refractivity contribution in [3.63, 3.8) is 0 Å². The van der Waals surface area contributed by atoms with Crippen LogP contribution in [0.25, 0.3) is 0 Å². The van der Waals surface area contributed by atoms with E-state index in [-0.39, 0.29) is 19.3 Å². The minimum absolute atomic E-state index is 0.0484. The number of hydrogen-bond donors (Lipinski definition) is 1. The van der Waals surface area contributed by atoms with Crippen LogP contribution in [0.5, 0.6) is 5.75 Å². The molecule has 1 aliphatic heterocycles. The predicted octanol–water partition coefficient (Wildman–Crippen LogP) is 0.435. The van der Waals surface area contributed by atoms with Crippen molar-refractivity contribution >= 4 is 29.8 Å². The predicted molar refractivity (Wildman–Crippen MR) is 95.8 cm³/mol. The Hall–Kier alpha value is -3.43. The lowest BCUT2D eigenvalue weighted by Crippen LogP contribution is -2.69. The van der Waals surface area contributed by atoms with Crippen molar-refractivity contribution in [1.82, 2.24) is 9.80 Å². The molecule has 0 unspecified atom stereocenters. The Labute approximate surface area is 166 Å². The van der Waals surface area contributed by atoms with E-state index < -0.39 is 40.8 Å². The Morgan fingerprint density at radius 1 is 1.03 bits per heavy atom. The lowest BCUT2D eigenvalue weighted by molar-refractivity contribution is -0.190. The monoisotopic (exact) mass is 404 g/mol. The number of hydrogen-bond acceptors (Lipinski definition) is 7. The first kappa shape index (κ1) is 20.3. The first-order valence-corrected chi connectivity index (χ1v) is 8.79. The Bertz CT molecular complexity index is 879. The zero-order valence-electron chi connectivity index (χ0n) is 16.1. The van der Waals surface area contributed by atoms with Gasteiger partial charge in [0.15, 0.2) is 5.41 Å². The molecule has 0 radical (unpaired) electrons. The fourth-order valence-corrected chi connectivity index (χ4v) is 3.22. The summed E-state index contributed by atoms with van der Waals surface area (Å²) in [6.45, 7) is 0. The Kier molecular flexibility index (Phi) is 4.81. The number of rotatable bonds is 6. The smallest absolute Gasteiger partial charge is 0.333 e. The molecule has 1 aromatic carbocycles. The molecule has 0 atom stereocenters. The minimum atomic E-state index is -2.38. The van der Waals surface area contributed by atoms with E-state index in [1.54, 1.807) is 24.3 Å². The summed E-state index contributed by atoms with van der Waals surface area (Å²) in [6.07, 6.45) is -0.266. The number of imide groups is 2. The lowest BCUT2D eigenvalue weighted by atomic mass is 9.89. The van der Waals surface area contributed by atoms with E-state index >= 15 is 0 Å². The summed E-state index contributed by atoms with van der Waals surface area (Å²) in [5, 5.41) is 9.35. The summed E-state index contributed by atoms with van der Waals surface area (Å²) < 4.78 is 10.4. The summed E-state index contributed by atoms with van der Waals surface area (Å²) in [7, 11) is 3.80. The molecule has 1 saturated carbocycles. The Morgan fingerprint density at radius 3 is 1.97 bits per heavy atom. The summed E-state index contributed by atoms with van der Waals surface area (Å²) in [4.78, 5) is 63.6. The number of urea groups is 1. The molecule has 4 amide bonds. The van der Waals surface area contributed by atoms with Gasteiger partial charge in [-0.3, -0.25) is 29.0 Å². The number of carboxylic acids is 1. The van der Waals surface area contributed by atoms with Crippen LogP contribution in [0, 0.1) is 5.41 Å². The fraction of sp³-hybridized carbons (Fsp3) is 0.421. The number of ether oxygens (including phenoxy) is 2. The molecule has 29 heavy (non-hydrogen) atoms. The molecule has 0 bridgehead atoms. The van der Waals surface area contributed by atoms with Crippen LogP contribution in [0.15, 0.2) is 24.3 Å². The van der Waals surface area contributed by atoms with E-state index in [1.165, 1.54) is 7.11 Å². The van der Waals surface area contributed by atoms with Gasteiger partial charge in [-0.05, 0) is 30.5 Å². The average Bonchev–Trinajstić information content (AvgIpc) is 3.52. The standard InChI is InChI=1S/C19H20N2O8/c1-20-13(22)19(14(23)21(2)17(20)27,10-11-4-6-12(28-3)7-5-11)29-16(26)18(8-9-18)15(24)25/h4-7H,8-10H2,1-3H3,(H,24,25). The van der Waals surface area contributed by atoms with Crippen molar-refractivity contribution in [2.75, 3.05) is 21.2 Å². The van der Waals surface area contributed by atoms with E-state index in [0.717, 1.165) is 14.1 Å². The van der Waals surface area contributed by atoms with Crippen LogP contribution < -0.4 is 4.74 Å². The van der Waals surface area contributed by atoms with Gasteiger partial charge in [0.1, 0.15) is 5.75 Å². The second kappa shape index (κ2) is 6.87. The van der Waals surface area contributed by atoms with Crippen molar-refractivity contribution in [2.45, 2.75) is 24.9 Å². The van der Waals surface area contributed by atoms with Crippen LogP contribution in [0.1, 0.15) is 18.4 Å². The van der Waals surface area contributed by atoms with E-state index in [0.29, 0.717) is 21.1 Å². The molecule has 0 spiro atoms. The normalized spacial score (nSPS) is 19.8. The highest BCUT2D eigenvalue weighted by atomic mass is 16.6. The first-order valence-electron chi connectivity index (χ1n) is 8.79. The third kappa shape index (κ3) is 3.10. The van der Waals surface area contributed by atoms with Gasteiger partial charge in [0.25, 0.3) is 17.4 Å². The molecule has 2 fully saturated rings. The topological polar surface area (TPSA) is 131 Å². The quantitative estimate of drug-likeness (QED) is 0.534. The number of benzene rings is 1. The Morgan fingerprint density at radius 2 is 1.55 bits per heavy atom. The van der Waals surface area contributed by atoms with Crippen molar-refractivity contribution in [3.8, 4) is 5.75 Å². The van der Waals surface area contributed by atoms with Crippen LogP contribution in [0.4, 0.5) is 4.79 Å².